The Bertz CT molecular complexity index is 816. The molecular formula is C14H12N4O2S. The third kappa shape index (κ3) is 2.55. The number of nitro benzene ring substituents is 1. The molecule has 0 aliphatic heterocycles. The van der Waals surface area contributed by atoms with Crippen molar-refractivity contribution in [1.82, 2.24) is 9.97 Å². The number of benzene rings is 1. The van der Waals surface area contributed by atoms with Gasteiger partial charge in [0.25, 0.3) is 0 Å². The summed E-state index contributed by atoms with van der Waals surface area (Å²) in [5.74, 6) is 0. The number of hydrogen-bond acceptors (Lipinski definition) is 6. The predicted octanol–water partition coefficient (Wildman–Crippen LogP) is 3.52. The number of anilines is 1. The molecule has 0 unspecified atom stereocenters. The molecule has 2 aromatic heterocycles. The number of fused-ring (bicyclic) bond motifs is 1. The van der Waals surface area contributed by atoms with E-state index >= 15 is 0 Å². The van der Waals surface area contributed by atoms with Crippen LogP contribution >= 0.6 is 11.3 Å². The Morgan fingerprint density at radius 1 is 1.38 bits per heavy atom. The molecule has 0 spiro atoms. The Kier molecular flexibility index (Phi) is 3.49. The number of aryl methyl sites for hydroxylation is 1. The quantitative estimate of drug-likeness (QED) is 0.589. The van der Waals surface area contributed by atoms with E-state index in [1.165, 1.54) is 11.3 Å². The zero-order valence-corrected chi connectivity index (χ0v) is 12.1. The highest BCUT2D eigenvalue weighted by molar-refractivity contribution is 7.16. The minimum Gasteiger partial charge on any atom is -0.375 e. The lowest BCUT2D eigenvalue weighted by molar-refractivity contribution is -0.382. The van der Waals surface area contributed by atoms with Crippen molar-refractivity contribution in [3.05, 3.63) is 57.3 Å². The smallest absolute Gasteiger partial charge is 0.319 e. The summed E-state index contributed by atoms with van der Waals surface area (Å²) in [6.07, 6.45) is 3.48. The second kappa shape index (κ2) is 5.45. The lowest BCUT2D eigenvalue weighted by Gasteiger charge is -2.09. The maximum absolute atomic E-state index is 11.3. The fraction of sp³-hybridized carbons (Fsp3) is 0.143. The molecule has 106 valence electrons. The van der Waals surface area contributed by atoms with Crippen molar-refractivity contribution in [2.45, 2.75) is 13.5 Å². The summed E-state index contributed by atoms with van der Waals surface area (Å²) in [6.45, 7) is 2.47. The molecule has 2 heterocycles. The zero-order chi connectivity index (χ0) is 14.8. The van der Waals surface area contributed by atoms with Gasteiger partial charge in [0, 0.05) is 18.9 Å². The standard InChI is InChI=1S/C14H12N4O2S/c1-9-6-15-5-4-10(9)7-16-11-2-3-12-13(17-8-21-12)14(11)18(19)20/h2-6,8,16H,7H2,1H3. The molecule has 0 saturated carbocycles. The van der Waals surface area contributed by atoms with E-state index in [0.717, 1.165) is 15.8 Å². The van der Waals surface area contributed by atoms with E-state index < -0.39 is 0 Å². The number of thiazole rings is 1. The molecule has 0 aliphatic carbocycles. The normalized spacial score (nSPS) is 10.7. The first-order valence-corrected chi connectivity index (χ1v) is 7.18. The van der Waals surface area contributed by atoms with Gasteiger partial charge in [-0.1, -0.05) is 0 Å². The van der Waals surface area contributed by atoms with Crippen LogP contribution in [0.3, 0.4) is 0 Å². The summed E-state index contributed by atoms with van der Waals surface area (Å²) in [7, 11) is 0. The molecule has 0 bridgehead atoms. The van der Waals surface area contributed by atoms with Crippen LogP contribution in [0, 0.1) is 17.0 Å². The number of aromatic nitrogens is 2. The Labute approximate surface area is 124 Å². The van der Waals surface area contributed by atoms with E-state index in [0.29, 0.717) is 17.7 Å². The number of nitrogens with zero attached hydrogens (tertiary/aromatic N) is 3. The lowest BCUT2D eigenvalue weighted by atomic mass is 10.1. The Hall–Kier alpha value is -2.54. The summed E-state index contributed by atoms with van der Waals surface area (Å²) in [5, 5.41) is 14.5. The largest absolute Gasteiger partial charge is 0.375 e. The Morgan fingerprint density at radius 2 is 2.24 bits per heavy atom. The molecule has 3 aromatic rings. The van der Waals surface area contributed by atoms with Crippen molar-refractivity contribution in [3.8, 4) is 0 Å². The average molecular weight is 300 g/mol. The first-order chi connectivity index (χ1) is 10.2. The maximum atomic E-state index is 11.3. The van der Waals surface area contributed by atoms with Gasteiger partial charge in [0.2, 0.25) is 0 Å². The summed E-state index contributed by atoms with van der Waals surface area (Å²) in [6, 6.07) is 5.48. The van der Waals surface area contributed by atoms with Gasteiger partial charge in [0.15, 0.2) is 5.52 Å². The topological polar surface area (TPSA) is 81.0 Å². The number of hydrogen-bond donors (Lipinski definition) is 1. The molecule has 0 amide bonds. The molecule has 7 heteroatoms. The Balaban J connectivity index is 1.95. The fourth-order valence-electron chi connectivity index (χ4n) is 2.14. The summed E-state index contributed by atoms with van der Waals surface area (Å²) in [4.78, 5) is 19.1. The number of pyridine rings is 1. The van der Waals surface area contributed by atoms with Crippen LogP contribution in [0.15, 0.2) is 36.1 Å². The number of rotatable bonds is 4. The van der Waals surface area contributed by atoms with Crippen LogP contribution in [-0.4, -0.2) is 14.9 Å². The minimum atomic E-state index is -0.385. The molecule has 0 aliphatic rings. The monoisotopic (exact) mass is 300 g/mol. The molecule has 6 nitrogen and oxygen atoms in total. The van der Waals surface area contributed by atoms with Gasteiger partial charge >= 0.3 is 5.69 Å². The summed E-state index contributed by atoms with van der Waals surface area (Å²) < 4.78 is 0.812. The average Bonchev–Trinajstić information content (AvgIpc) is 2.93. The van der Waals surface area contributed by atoms with Gasteiger partial charge in [-0.2, -0.15) is 0 Å². The van der Waals surface area contributed by atoms with Gasteiger partial charge in [-0.15, -0.1) is 11.3 Å². The summed E-state index contributed by atoms with van der Waals surface area (Å²) in [5.41, 5.74) is 4.66. The molecule has 0 radical (unpaired) electrons. The van der Waals surface area contributed by atoms with Gasteiger partial charge in [0.1, 0.15) is 5.69 Å². The van der Waals surface area contributed by atoms with E-state index in [2.05, 4.69) is 15.3 Å². The second-order valence-corrected chi connectivity index (χ2v) is 5.46. The lowest BCUT2D eigenvalue weighted by Crippen LogP contribution is -2.04. The molecule has 0 saturated heterocycles. The van der Waals surface area contributed by atoms with Gasteiger partial charge in [-0.05, 0) is 36.2 Å². The third-order valence-electron chi connectivity index (χ3n) is 3.26. The zero-order valence-electron chi connectivity index (χ0n) is 11.2. The maximum Gasteiger partial charge on any atom is 0.319 e. The van der Waals surface area contributed by atoms with Crippen molar-refractivity contribution in [1.29, 1.82) is 0 Å². The van der Waals surface area contributed by atoms with Gasteiger partial charge < -0.3 is 5.32 Å². The van der Waals surface area contributed by atoms with Gasteiger partial charge in [-0.25, -0.2) is 4.98 Å². The van der Waals surface area contributed by atoms with Crippen LogP contribution in [0.4, 0.5) is 11.4 Å². The molecule has 0 atom stereocenters. The summed E-state index contributed by atoms with van der Waals surface area (Å²) >= 11 is 1.39. The van der Waals surface area contributed by atoms with Crippen molar-refractivity contribution in [2.24, 2.45) is 0 Å². The van der Waals surface area contributed by atoms with Crippen molar-refractivity contribution in [3.63, 3.8) is 0 Å². The molecule has 1 N–H and O–H groups in total. The van der Waals surface area contributed by atoms with Crippen molar-refractivity contribution < 1.29 is 4.92 Å². The number of nitrogens with one attached hydrogen (secondary N) is 1. The van der Waals surface area contributed by atoms with Crippen molar-refractivity contribution in [2.75, 3.05) is 5.32 Å². The van der Waals surface area contributed by atoms with Crippen LogP contribution in [-0.2, 0) is 6.54 Å². The first-order valence-electron chi connectivity index (χ1n) is 6.31. The van der Waals surface area contributed by atoms with E-state index in [1.807, 2.05) is 19.1 Å². The SMILES string of the molecule is Cc1cnccc1CNc1ccc2scnc2c1[N+](=O)[O-]. The molecule has 21 heavy (non-hydrogen) atoms. The second-order valence-electron chi connectivity index (χ2n) is 4.57. The molecule has 0 fully saturated rings. The van der Waals surface area contributed by atoms with Crippen LogP contribution in [0.5, 0.6) is 0 Å². The van der Waals surface area contributed by atoms with E-state index in [4.69, 9.17) is 0 Å². The van der Waals surface area contributed by atoms with E-state index in [-0.39, 0.29) is 10.6 Å². The Morgan fingerprint density at radius 3 is 3.00 bits per heavy atom. The first kappa shape index (κ1) is 13.4. The van der Waals surface area contributed by atoms with E-state index in [9.17, 15) is 10.1 Å². The van der Waals surface area contributed by atoms with Crippen LogP contribution < -0.4 is 5.32 Å². The third-order valence-corrected chi connectivity index (χ3v) is 4.06. The van der Waals surface area contributed by atoms with Crippen LogP contribution in [0.2, 0.25) is 0 Å². The van der Waals surface area contributed by atoms with Crippen molar-refractivity contribution >= 4 is 32.9 Å². The minimum absolute atomic E-state index is 0.0282. The van der Waals surface area contributed by atoms with E-state index in [1.54, 1.807) is 24.0 Å². The van der Waals surface area contributed by atoms with Crippen LogP contribution in [0.1, 0.15) is 11.1 Å². The molecular weight excluding hydrogens is 288 g/mol. The predicted molar refractivity (Wildman–Crippen MR) is 82.6 cm³/mol. The highest BCUT2D eigenvalue weighted by Crippen LogP contribution is 2.34. The molecule has 1 aromatic carbocycles. The highest BCUT2D eigenvalue weighted by atomic mass is 32.1. The number of nitro groups is 1. The van der Waals surface area contributed by atoms with Gasteiger partial charge in [-0.3, -0.25) is 15.1 Å². The molecule has 3 rings (SSSR count). The van der Waals surface area contributed by atoms with Gasteiger partial charge in [0.05, 0.1) is 15.1 Å². The fourth-order valence-corrected chi connectivity index (χ4v) is 2.81. The van der Waals surface area contributed by atoms with Crippen LogP contribution in [0.25, 0.3) is 10.2 Å². The highest BCUT2D eigenvalue weighted by Gasteiger charge is 2.20.